The van der Waals surface area contributed by atoms with E-state index in [1.165, 1.54) is 18.2 Å². The van der Waals surface area contributed by atoms with Crippen molar-refractivity contribution in [3.8, 4) is 0 Å². The van der Waals surface area contributed by atoms with E-state index in [0.717, 1.165) is 40.4 Å². The van der Waals surface area contributed by atoms with Gasteiger partial charge in [0.2, 0.25) is 4.80 Å². The third-order valence-corrected chi connectivity index (χ3v) is 4.36. The van der Waals surface area contributed by atoms with Gasteiger partial charge in [0.05, 0.1) is 12.1 Å². The number of hydrogen-bond donors (Lipinski definition) is 1. The molecule has 0 atom stereocenters. The second-order valence-electron chi connectivity index (χ2n) is 5.50. The molecule has 1 aromatic heterocycles. The Morgan fingerprint density at radius 3 is 2.48 bits per heavy atom. The predicted octanol–water partition coefficient (Wildman–Crippen LogP) is 3.19. The minimum atomic E-state index is -4.51. The largest absolute Gasteiger partial charge is 0.416 e. The van der Waals surface area contributed by atoms with Crippen molar-refractivity contribution in [2.45, 2.75) is 12.7 Å². The van der Waals surface area contributed by atoms with Gasteiger partial charge in [-0.05, 0) is 53.5 Å². The van der Waals surface area contributed by atoms with Crippen LogP contribution < -0.4 is 10.5 Å². The summed E-state index contributed by atoms with van der Waals surface area (Å²) in [5.74, 6) is -1.27. The fourth-order valence-corrected chi connectivity index (χ4v) is 2.96. The number of aromatic nitrogens is 2. The molecule has 0 saturated heterocycles. The Balaban J connectivity index is 1.91. The van der Waals surface area contributed by atoms with Gasteiger partial charge in [0.15, 0.2) is 0 Å². The molecule has 10 heteroatoms. The van der Waals surface area contributed by atoms with E-state index in [9.17, 15) is 27.2 Å². The standard InChI is InChI=1S/C17H11F4N3O2S/c18-13-3-1-2-10(8-13)9-24-15(26)23-27-16(24)22-14(25)11-4-6-12(7-5-11)17(19,20)21/h1-8H,9H2,(H,23,26). The molecule has 0 spiro atoms. The van der Waals surface area contributed by atoms with Crippen LogP contribution in [0.3, 0.4) is 0 Å². The summed E-state index contributed by atoms with van der Waals surface area (Å²) < 4.78 is 54.6. The van der Waals surface area contributed by atoms with Crippen LogP contribution in [-0.4, -0.2) is 14.8 Å². The number of amides is 1. The fourth-order valence-electron chi connectivity index (χ4n) is 2.28. The van der Waals surface area contributed by atoms with E-state index in [4.69, 9.17) is 0 Å². The average Bonchev–Trinajstić information content (AvgIpc) is 2.94. The van der Waals surface area contributed by atoms with Crippen LogP contribution in [0.15, 0.2) is 58.3 Å². The van der Waals surface area contributed by atoms with Gasteiger partial charge in [0.25, 0.3) is 5.91 Å². The lowest BCUT2D eigenvalue weighted by Crippen LogP contribution is -2.28. The maximum atomic E-state index is 13.3. The molecule has 0 bridgehead atoms. The lowest BCUT2D eigenvalue weighted by Gasteiger charge is -2.06. The van der Waals surface area contributed by atoms with Crippen LogP contribution in [0.2, 0.25) is 0 Å². The predicted molar refractivity (Wildman–Crippen MR) is 89.8 cm³/mol. The fraction of sp³-hybridized carbons (Fsp3) is 0.118. The zero-order chi connectivity index (χ0) is 19.6. The summed E-state index contributed by atoms with van der Waals surface area (Å²) >= 11 is 0.794. The Hall–Kier alpha value is -3.01. The zero-order valence-electron chi connectivity index (χ0n) is 13.5. The first-order valence-corrected chi connectivity index (χ1v) is 8.35. The van der Waals surface area contributed by atoms with E-state index in [2.05, 4.69) is 9.37 Å². The zero-order valence-corrected chi connectivity index (χ0v) is 14.3. The molecule has 1 amide bonds. The number of H-pyrrole nitrogens is 1. The van der Waals surface area contributed by atoms with Gasteiger partial charge in [-0.25, -0.2) is 9.18 Å². The van der Waals surface area contributed by atoms with Gasteiger partial charge in [-0.2, -0.15) is 18.2 Å². The van der Waals surface area contributed by atoms with Gasteiger partial charge in [-0.1, -0.05) is 12.1 Å². The second kappa shape index (κ2) is 7.31. The lowest BCUT2D eigenvalue weighted by atomic mass is 10.1. The number of nitrogens with one attached hydrogen (secondary N) is 1. The monoisotopic (exact) mass is 397 g/mol. The van der Waals surface area contributed by atoms with Crippen LogP contribution in [-0.2, 0) is 12.7 Å². The van der Waals surface area contributed by atoms with Crippen LogP contribution in [0.25, 0.3) is 0 Å². The highest BCUT2D eigenvalue weighted by atomic mass is 32.1. The van der Waals surface area contributed by atoms with Crippen LogP contribution in [0.4, 0.5) is 17.6 Å². The van der Waals surface area contributed by atoms with Crippen molar-refractivity contribution in [1.29, 1.82) is 0 Å². The second-order valence-corrected chi connectivity index (χ2v) is 6.27. The minimum absolute atomic E-state index is 0.0181. The minimum Gasteiger partial charge on any atom is -0.267 e. The summed E-state index contributed by atoms with van der Waals surface area (Å²) in [5, 5.41) is 0. The van der Waals surface area contributed by atoms with E-state index in [0.29, 0.717) is 5.56 Å². The van der Waals surface area contributed by atoms with Crippen molar-refractivity contribution >= 4 is 17.4 Å². The molecule has 5 nitrogen and oxygen atoms in total. The van der Waals surface area contributed by atoms with Crippen LogP contribution in [0, 0.1) is 5.82 Å². The Morgan fingerprint density at radius 1 is 1.15 bits per heavy atom. The number of carbonyl (C=O) groups excluding carboxylic acids is 1. The number of nitrogens with zero attached hydrogens (tertiary/aromatic N) is 2. The molecule has 0 aliphatic heterocycles. The van der Waals surface area contributed by atoms with Crippen molar-refractivity contribution in [3.05, 3.63) is 86.3 Å². The van der Waals surface area contributed by atoms with Crippen molar-refractivity contribution in [1.82, 2.24) is 8.94 Å². The number of halogens is 4. The first-order valence-electron chi connectivity index (χ1n) is 7.53. The molecule has 27 heavy (non-hydrogen) atoms. The number of aromatic amines is 1. The average molecular weight is 397 g/mol. The Kier molecular flexibility index (Phi) is 5.08. The molecule has 3 rings (SSSR count). The van der Waals surface area contributed by atoms with E-state index in [1.54, 1.807) is 6.07 Å². The van der Waals surface area contributed by atoms with Crippen molar-refractivity contribution in [3.63, 3.8) is 0 Å². The van der Waals surface area contributed by atoms with Crippen molar-refractivity contribution in [2.75, 3.05) is 0 Å². The molecule has 0 unspecified atom stereocenters. The molecule has 140 valence electrons. The maximum Gasteiger partial charge on any atom is 0.416 e. The molecule has 0 aliphatic rings. The topological polar surface area (TPSA) is 67.2 Å². The van der Waals surface area contributed by atoms with Crippen molar-refractivity contribution < 1.29 is 22.4 Å². The number of benzene rings is 2. The van der Waals surface area contributed by atoms with E-state index < -0.39 is 29.2 Å². The van der Waals surface area contributed by atoms with Gasteiger partial charge in [0, 0.05) is 5.56 Å². The van der Waals surface area contributed by atoms with Gasteiger partial charge >= 0.3 is 11.9 Å². The molecule has 0 radical (unpaired) electrons. The first kappa shape index (κ1) is 18.8. The Labute approximate surface area is 153 Å². The molecular formula is C17H11F4N3O2S. The molecule has 1 heterocycles. The Bertz CT molecular complexity index is 1090. The molecule has 0 fully saturated rings. The number of carbonyl (C=O) groups is 1. The molecule has 3 aromatic rings. The van der Waals surface area contributed by atoms with Gasteiger partial charge < -0.3 is 0 Å². The highest BCUT2D eigenvalue weighted by Crippen LogP contribution is 2.29. The van der Waals surface area contributed by atoms with Gasteiger partial charge in [0.1, 0.15) is 5.82 Å². The maximum absolute atomic E-state index is 13.3. The van der Waals surface area contributed by atoms with Crippen LogP contribution in [0.5, 0.6) is 0 Å². The quantitative estimate of drug-likeness (QED) is 0.690. The highest BCUT2D eigenvalue weighted by Gasteiger charge is 2.30. The summed E-state index contributed by atoms with van der Waals surface area (Å²) in [6.07, 6.45) is -4.51. The molecule has 0 aliphatic carbocycles. The molecule has 2 aromatic carbocycles. The SMILES string of the molecule is O=C(N=c1s[nH]c(=O)n1Cc1cccc(F)c1)c1ccc(C(F)(F)F)cc1. The Morgan fingerprint density at radius 2 is 1.85 bits per heavy atom. The van der Waals surface area contributed by atoms with Gasteiger partial charge in [-0.3, -0.25) is 13.7 Å². The third kappa shape index (κ3) is 4.40. The summed E-state index contributed by atoms with van der Waals surface area (Å²) in [7, 11) is 0. The van der Waals surface area contributed by atoms with E-state index in [-0.39, 0.29) is 16.9 Å². The van der Waals surface area contributed by atoms with E-state index in [1.807, 2.05) is 0 Å². The van der Waals surface area contributed by atoms with E-state index >= 15 is 0 Å². The van der Waals surface area contributed by atoms with Crippen LogP contribution in [0.1, 0.15) is 21.5 Å². The van der Waals surface area contributed by atoms with Crippen LogP contribution >= 0.6 is 11.5 Å². The van der Waals surface area contributed by atoms with Crippen molar-refractivity contribution in [2.24, 2.45) is 4.99 Å². The smallest absolute Gasteiger partial charge is 0.267 e. The summed E-state index contributed by atoms with van der Waals surface area (Å²) in [6.45, 7) is -0.0181. The molecule has 0 saturated carbocycles. The summed E-state index contributed by atoms with van der Waals surface area (Å²) in [6, 6.07) is 9.18. The first-order chi connectivity index (χ1) is 12.7. The summed E-state index contributed by atoms with van der Waals surface area (Å²) in [4.78, 5) is 28.0. The lowest BCUT2D eigenvalue weighted by molar-refractivity contribution is -0.137. The normalized spacial score (nSPS) is 12.4. The number of rotatable bonds is 3. The van der Waals surface area contributed by atoms with Gasteiger partial charge in [-0.15, -0.1) is 0 Å². The summed E-state index contributed by atoms with van der Waals surface area (Å²) in [5.41, 5.74) is -0.988. The third-order valence-electron chi connectivity index (χ3n) is 3.59. The highest BCUT2D eigenvalue weighted by molar-refractivity contribution is 7.02. The number of alkyl halides is 3. The molecule has 1 N–H and O–H groups in total. The number of hydrogen-bond acceptors (Lipinski definition) is 3. The molecular weight excluding hydrogens is 386 g/mol.